The lowest BCUT2D eigenvalue weighted by molar-refractivity contribution is -0.138. The molecule has 7 heteroatoms. The van der Waals surface area contributed by atoms with Crippen molar-refractivity contribution in [2.45, 2.75) is 32.0 Å². The molecule has 0 heterocycles. The second kappa shape index (κ2) is 5.92. The average molecular weight is 295 g/mol. The number of hydrogen-bond acceptors (Lipinski definition) is 2. The molecule has 108 valence electrons. The molecule has 0 aromatic heterocycles. The molecule has 0 amide bonds. The third-order valence-electron chi connectivity index (χ3n) is 2.66. The first-order chi connectivity index (χ1) is 8.63. The summed E-state index contributed by atoms with van der Waals surface area (Å²) in [6.45, 7) is 1.72. The van der Waals surface area contributed by atoms with E-state index in [-0.39, 0.29) is 12.0 Å². The Morgan fingerprint density at radius 3 is 2.32 bits per heavy atom. The molecular formula is C12H16F3NO2S. The van der Waals surface area contributed by atoms with E-state index in [2.05, 4.69) is 4.72 Å². The van der Waals surface area contributed by atoms with Crippen LogP contribution in [0.1, 0.15) is 24.5 Å². The van der Waals surface area contributed by atoms with E-state index in [1.54, 1.807) is 6.92 Å². The van der Waals surface area contributed by atoms with Crippen molar-refractivity contribution < 1.29 is 21.6 Å². The van der Waals surface area contributed by atoms with Crippen LogP contribution in [-0.4, -0.2) is 20.7 Å². The standard InChI is InChI=1S/C12H16F3NO2S/c1-3-10(16-19(2,17)18)8-9-6-4-5-7-11(9)12(13,14)15/h4-7,10,16H,3,8H2,1-2H3/t10-/m1/s1. The molecule has 0 aliphatic heterocycles. The summed E-state index contributed by atoms with van der Waals surface area (Å²) >= 11 is 0. The normalized spacial score (nSPS) is 14.4. The molecule has 0 bridgehead atoms. The molecule has 0 aliphatic rings. The van der Waals surface area contributed by atoms with Crippen LogP contribution in [0.15, 0.2) is 24.3 Å². The highest BCUT2D eigenvalue weighted by Crippen LogP contribution is 2.32. The van der Waals surface area contributed by atoms with Gasteiger partial charge in [-0.3, -0.25) is 0 Å². The summed E-state index contributed by atoms with van der Waals surface area (Å²) in [6.07, 6.45) is -3.01. The summed E-state index contributed by atoms with van der Waals surface area (Å²) in [7, 11) is -3.44. The lowest BCUT2D eigenvalue weighted by Crippen LogP contribution is -2.35. The lowest BCUT2D eigenvalue weighted by Gasteiger charge is -2.18. The molecule has 19 heavy (non-hydrogen) atoms. The Bertz CT molecular complexity index is 526. The highest BCUT2D eigenvalue weighted by molar-refractivity contribution is 7.88. The van der Waals surface area contributed by atoms with Gasteiger partial charge in [-0.1, -0.05) is 25.1 Å². The van der Waals surface area contributed by atoms with E-state index < -0.39 is 27.8 Å². The van der Waals surface area contributed by atoms with Crippen LogP contribution in [0.4, 0.5) is 13.2 Å². The van der Waals surface area contributed by atoms with Crippen molar-refractivity contribution in [3.63, 3.8) is 0 Å². The zero-order chi connectivity index (χ0) is 14.7. The van der Waals surface area contributed by atoms with Gasteiger partial charge in [0.25, 0.3) is 0 Å². The van der Waals surface area contributed by atoms with Crippen molar-refractivity contribution >= 4 is 10.0 Å². The van der Waals surface area contributed by atoms with Crippen molar-refractivity contribution in [3.05, 3.63) is 35.4 Å². The van der Waals surface area contributed by atoms with Crippen molar-refractivity contribution in [2.24, 2.45) is 0 Å². The zero-order valence-electron chi connectivity index (χ0n) is 10.7. The predicted molar refractivity (Wildman–Crippen MR) is 67.2 cm³/mol. The minimum atomic E-state index is -4.43. The van der Waals surface area contributed by atoms with Crippen molar-refractivity contribution in [2.75, 3.05) is 6.26 Å². The average Bonchev–Trinajstić information content (AvgIpc) is 2.25. The highest BCUT2D eigenvalue weighted by atomic mass is 32.2. The molecule has 0 fully saturated rings. The third-order valence-corrected chi connectivity index (χ3v) is 3.42. The van der Waals surface area contributed by atoms with E-state index in [1.165, 1.54) is 18.2 Å². The minimum absolute atomic E-state index is 0.0131. The smallest absolute Gasteiger partial charge is 0.213 e. The first-order valence-electron chi connectivity index (χ1n) is 5.76. The maximum atomic E-state index is 12.8. The molecule has 1 atom stereocenters. The van der Waals surface area contributed by atoms with Crippen molar-refractivity contribution in [3.8, 4) is 0 Å². The first kappa shape index (κ1) is 16.0. The van der Waals surface area contributed by atoms with Crippen LogP contribution in [0.3, 0.4) is 0 Å². The van der Waals surface area contributed by atoms with E-state index in [0.717, 1.165) is 12.3 Å². The molecule has 1 rings (SSSR count). The predicted octanol–water partition coefficient (Wildman–Crippen LogP) is 2.58. The van der Waals surface area contributed by atoms with Gasteiger partial charge in [0, 0.05) is 6.04 Å². The Kier molecular flexibility index (Phi) is 4.98. The molecule has 0 spiro atoms. The molecule has 1 aromatic rings. The third kappa shape index (κ3) is 5.20. The topological polar surface area (TPSA) is 46.2 Å². The van der Waals surface area contributed by atoms with E-state index in [9.17, 15) is 21.6 Å². The highest BCUT2D eigenvalue weighted by Gasteiger charge is 2.33. The SMILES string of the molecule is CC[C@H](Cc1ccccc1C(F)(F)F)NS(C)(=O)=O. The van der Waals surface area contributed by atoms with E-state index in [4.69, 9.17) is 0 Å². The molecule has 0 radical (unpaired) electrons. The van der Waals surface area contributed by atoms with Gasteiger partial charge >= 0.3 is 6.18 Å². The van der Waals surface area contributed by atoms with Crippen LogP contribution in [0.25, 0.3) is 0 Å². The van der Waals surface area contributed by atoms with Gasteiger partial charge in [0.05, 0.1) is 11.8 Å². The zero-order valence-corrected chi connectivity index (χ0v) is 11.5. The monoisotopic (exact) mass is 295 g/mol. The summed E-state index contributed by atoms with van der Waals surface area (Å²) in [5.41, 5.74) is -0.623. The van der Waals surface area contributed by atoms with Gasteiger partial charge in [-0.05, 0) is 24.5 Å². The van der Waals surface area contributed by atoms with Gasteiger partial charge in [-0.25, -0.2) is 13.1 Å². The van der Waals surface area contributed by atoms with E-state index in [1.807, 2.05) is 0 Å². The first-order valence-corrected chi connectivity index (χ1v) is 7.65. The van der Waals surface area contributed by atoms with E-state index in [0.29, 0.717) is 6.42 Å². The van der Waals surface area contributed by atoms with Crippen molar-refractivity contribution in [1.29, 1.82) is 0 Å². The molecule has 0 saturated heterocycles. The number of nitrogens with one attached hydrogen (secondary N) is 1. The number of benzene rings is 1. The Morgan fingerprint density at radius 2 is 1.84 bits per heavy atom. The summed E-state index contributed by atoms with van der Waals surface area (Å²) in [6, 6.07) is 4.66. The molecule has 0 aliphatic carbocycles. The minimum Gasteiger partial charge on any atom is -0.213 e. The number of alkyl halides is 3. The van der Waals surface area contributed by atoms with Crippen LogP contribution < -0.4 is 4.72 Å². The Labute approximate surface area is 110 Å². The van der Waals surface area contributed by atoms with Gasteiger partial charge in [0.2, 0.25) is 10.0 Å². The van der Waals surface area contributed by atoms with Crippen LogP contribution in [-0.2, 0) is 22.6 Å². The van der Waals surface area contributed by atoms with Crippen molar-refractivity contribution in [1.82, 2.24) is 4.72 Å². The number of sulfonamides is 1. The summed E-state index contributed by atoms with van der Waals surface area (Å²) < 4.78 is 63.0. The van der Waals surface area contributed by atoms with Gasteiger partial charge in [-0.15, -0.1) is 0 Å². The second-order valence-corrected chi connectivity index (χ2v) is 6.13. The summed E-state index contributed by atoms with van der Waals surface area (Å²) in [5.74, 6) is 0. The largest absolute Gasteiger partial charge is 0.416 e. The molecule has 0 saturated carbocycles. The Morgan fingerprint density at radius 1 is 1.26 bits per heavy atom. The van der Waals surface area contributed by atoms with E-state index >= 15 is 0 Å². The lowest BCUT2D eigenvalue weighted by atomic mass is 9.99. The van der Waals surface area contributed by atoms with Gasteiger partial charge < -0.3 is 0 Å². The fourth-order valence-corrected chi connectivity index (χ4v) is 2.67. The molecular weight excluding hydrogens is 279 g/mol. The quantitative estimate of drug-likeness (QED) is 0.907. The summed E-state index contributed by atoms with van der Waals surface area (Å²) in [5, 5.41) is 0. The van der Waals surface area contributed by atoms with Gasteiger partial charge in [-0.2, -0.15) is 13.2 Å². The van der Waals surface area contributed by atoms with Crippen LogP contribution in [0, 0.1) is 0 Å². The molecule has 1 N–H and O–H groups in total. The van der Waals surface area contributed by atoms with Gasteiger partial charge in [0.15, 0.2) is 0 Å². The molecule has 3 nitrogen and oxygen atoms in total. The fraction of sp³-hybridized carbons (Fsp3) is 0.500. The number of hydrogen-bond donors (Lipinski definition) is 1. The fourth-order valence-electron chi connectivity index (χ4n) is 1.81. The Hall–Kier alpha value is -1.08. The number of halogens is 3. The summed E-state index contributed by atoms with van der Waals surface area (Å²) in [4.78, 5) is 0. The van der Waals surface area contributed by atoms with Crippen LogP contribution in [0.2, 0.25) is 0 Å². The van der Waals surface area contributed by atoms with Gasteiger partial charge in [0.1, 0.15) is 0 Å². The number of rotatable bonds is 5. The maximum absolute atomic E-state index is 12.8. The second-order valence-electron chi connectivity index (χ2n) is 4.35. The molecule has 0 unspecified atom stereocenters. The molecule has 1 aromatic carbocycles. The van der Waals surface area contributed by atoms with Crippen LogP contribution in [0.5, 0.6) is 0 Å². The van der Waals surface area contributed by atoms with Crippen LogP contribution >= 0.6 is 0 Å². The Balaban J connectivity index is 2.98. The maximum Gasteiger partial charge on any atom is 0.416 e.